The molecule has 1 saturated heterocycles. The Balaban J connectivity index is 2.66. The summed E-state index contributed by atoms with van der Waals surface area (Å²) in [6, 6.07) is 0. The summed E-state index contributed by atoms with van der Waals surface area (Å²) in [7, 11) is 0. The molecule has 1 fully saturated rings. The fourth-order valence-corrected chi connectivity index (χ4v) is 0.994. The minimum absolute atomic E-state index is 0.134. The van der Waals surface area contributed by atoms with Gasteiger partial charge in [-0.2, -0.15) is 0 Å². The first-order valence-electron chi connectivity index (χ1n) is 4.82. The molecule has 0 aromatic carbocycles. The fraction of sp³-hybridized carbons (Fsp3) is 0.250. The third-order valence-electron chi connectivity index (χ3n) is 1.78. The first-order valence-corrected chi connectivity index (χ1v) is 4.82. The van der Waals surface area contributed by atoms with Crippen LogP contribution in [0.1, 0.15) is 0 Å². The van der Waals surface area contributed by atoms with Crippen LogP contribution in [0.2, 0.25) is 0 Å². The molecule has 0 aromatic rings. The Morgan fingerprint density at radius 1 is 1.31 bits per heavy atom. The smallest absolute Gasteiger partial charge is 0.298 e. The average molecular weight is 222 g/mol. The molecule has 0 unspecified atom stereocenters. The summed E-state index contributed by atoms with van der Waals surface area (Å²) in [5, 5.41) is 0. The molecule has 0 amide bonds. The molecule has 0 N–H and O–H groups in total. The second-order valence-corrected chi connectivity index (χ2v) is 3.01. The number of epoxide rings is 1. The molecule has 0 radical (unpaired) electrons. The van der Waals surface area contributed by atoms with E-state index in [1.54, 1.807) is 12.2 Å². The Hall–Kier alpha value is -1.81. The topological polar surface area (TPSA) is 48.1 Å². The molecule has 1 rings (SSSR count). The predicted molar refractivity (Wildman–Crippen MR) is 59.4 cm³/mol. The van der Waals surface area contributed by atoms with Gasteiger partial charge >= 0.3 is 0 Å². The fourth-order valence-electron chi connectivity index (χ4n) is 0.994. The Labute approximate surface area is 94.5 Å². The minimum Gasteiger partial charge on any atom is -0.487 e. The Morgan fingerprint density at radius 3 is 2.44 bits per heavy atom. The molecule has 0 spiro atoms. The molecule has 1 aliphatic heterocycles. The van der Waals surface area contributed by atoms with Crippen LogP contribution in [0.15, 0.2) is 49.0 Å². The number of ether oxygens (including phenoxy) is 3. The van der Waals surface area contributed by atoms with E-state index in [0.29, 0.717) is 31.2 Å². The van der Waals surface area contributed by atoms with Crippen molar-refractivity contribution in [3.63, 3.8) is 0 Å². The van der Waals surface area contributed by atoms with Crippen molar-refractivity contribution in [2.24, 2.45) is 0 Å². The summed E-state index contributed by atoms with van der Waals surface area (Å²) in [6.07, 6.45) is 6.34. The van der Waals surface area contributed by atoms with Crippen LogP contribution in [-0.4, -0.2) is 25.8 Å². The summed E-state index contributed by atoms with van der Waals surface area (Å²) in [5.41, 5.74) is 0. The molecule has 0 saturated carbocycles. The Morgan fingerprint density at radius 2 is 1.94 bits per heavy atom. The third kappa shape index (κ3) is 4.14. The largest absolute Gasteiger partial charge is 0.487 e. The molecule has 0 aliphatic carbocycles. The van der Waals surface area contributed by atoms with Crippen molar-refractivity contribution in [3.05, 3.63) is 49.0 Å². The lowest BCUT2D eigenvalue weighted by atomic mass is 10.3. The lowest BCUT2D eigenvalue weighted by molar-refractivity contribution is -0.125. The highest BCUT2D eigenvalue weighted by molar-refractivity contribution is 5.43. The van der Waals surface area contributed by atoms with E-state index in [0.717, 1.165) is 0 Å². The van der Waals surface area contributed by atoms with Gasteiger partial charge in [-0.25, -0.2) is 0 Å². The highest BCUT2D eigenvalue weighted by atomic mass is 16.6. The monoisotopic (exact) mass is 222 g/mol. The lowest BCUT2D eigenvalue weighted by Gasteiger charge is -2.10. The van der Waals surface area contributed by atoms with E-state index in [1.165, 1.54) is 12.2 Å². The minimum atomic E-state index is 0.134. The zero-order valence-electron chi connectivity index (χ0n) is 8.93. The van der Waals surface area contributed by atoms with Gasteiger partial charge in [-0.1, -0.05) is 25.3 Å². The normalized spacial score (nSPS) is 19.9. The molecule has 1 aliphatic rings. The van der Waals surface area contributed by atoms with Gasteiger partial charge in [0.15, 0.2) is 11.5 Å². The van der Waals surface area contributed by atoms with Crippen LogP contribution in [0, 0.1) is 0 Å². The molecule has 0 bridgehead atoms. The number of hydrogen-bond donors (Lipinski definition) is 0. The first kappa shape index (κ1) is 12.3. The second kappa shape index (κ2) is 6.63. The van der Waals surface area contributed by atoms with E-state index in [2.05, 4.69) is 13.2 Å². The van der Waals surface area contributed by atoms with Crippen molar-refractivity contribution in [3.8, 4) is 0 Å². The standard InChI is InChI=1S/C12H14O4/c1-3-5-11(15-8-10-7-14-10)12(6-4-2)16-9-13/h3-6,9-10H,1-2,7-8H2/b11-5+,12-6+/t10-/m1/s1. The van der Waals surface area contributed by atoms with Crippen LogP contribution in [0.5, 0.6) is 0 Å². The Kier molecular flexibility index (Phi) is 5.08. The summed E-state index contributed by atoms with van der Waals surface area (Å²) < 4.78 is 15.2. The average Bonchev–Trinajstić information content (AvgIpc) is 3.08. The van der Waals surface area contributed by atoms with Crippen molar-refractivity contribution in [2.45, 2.75) is 6.10 Å². The van der Waals surface area contributed by atoms with E-state index < -0.39 is 0 Å². The second-order valence-electron chi connectivity index (χ2n) is 3.01. The van der Waals surface area contributed by atoms with Crippen molar-refractivity contribution in [1.82, 2.24) is 0 Å². The van der Waals surface area contributed by atoms with E-state index in [4.69, 9.17) is 14.2 Å². The van der Waals surface area contributed by atoms with Crippen molar-refractivity contribution >= 4 is 6.47 Å². The van der Waals surface area contributed by atoms with E-state index in [1.807, 2.05) is 0 Å². The number of allylic oxidation sites excluding steroid dienone is 4. The molecule has 1 heterocycles. The quantitative estimate of drug-likeness (QED) is 0.271. The molecule has 4 heteroatoms. The molecule has 86 valence electrons. The van der Waals surface area contributed by atoms with Gasteiger partial charge in [-0.15, -0.1) is 0 Å². The van der Waals surface area contributed by atoms with E-state index in [-0.39, 0.29) is 6.10 Å². The van der Waals surface area contributed by atoms with Crippen LogP contribution in [0.3, 0.4) is 0 Å². The van der Waals surface area contributed by atoms with E-state index in [9.17, 15) is 4.79 Å². The lowest BCUT2D eigenvalue weighted by Crippen LogP contribution is -2.05. The number of carbonyl (C=O) groups is 1. The van der Waals surface area contributed by atoms with Crippen LogP contribution in [0.25, 0.3) is 0 Å². The van der Waals surface area contributed by atoms with Crippen molar-refractivity contribution in [1.29, 1.82) is 0 Å². The van der Waals surface area contributed by atoms with Crippen molar-refractivity contribution < 1.29 is 19.0 Å². The van der Waals surface area contributed by atoms with Gasteiger partial charge in [0.25, 0.3) is 6.47 Å². The SMILES string of the molecule is C=C/C=C(OC=O)\C(=C/C=C)OC[C@H]1CO1. The third-order valence-corrected chi connectivity index (χ3v) is 1.78. The number of carbonyl (C=O) groups excluding carboxylic acids is 1. The summed E-state index contributed by atoms with van der Waals surface area (Å²) in [4.78, 5) is 10.3. The molecule has 1 atom stereocenters. The number of hydrogen-bond acceptors (Lipinski definition) is 4. The zero-order chi connectivity index (χ0) is 11.8. The van der Waals surface area contributed by atoms with Crippen LogP contribution in [-0.2, 0) is 19.0 Å². The first-order chi connectivity index (χ1) is 7.81. The molecule has 16 heavy (non-hydrogen) atoms. The highest BCUT2D eigenvalue weighted by Crippen LogP contribution is 2.17. The predicted octanol–water partition coefficient (Wildman–Crippen LogP) is 1.71. The van der Waals surface area contributed by atoms with Gasteiger partial charge in [0.05, 0.1) is 6.61 Å². The summed E-state index contributed by atoms with van der Waals surface area (Å²) in [5.74, 6) is 0.725. The van der Waals surface area contributed by atoms with Crippen molar-refractivity contribution in [2.75, 3.05) is 13.2 Å². The van der Waals surface area contributed by atoms with Gasteiger partial charge in [-0.05, 0) is 12.2 Å². The van der Waals surface area contributed by atoms with E-state index >= 15 is 0 Å². The van der Waals surface area contributed by atoms with Gasteiger partial charge in [0.1, 0.15) is 12.7 Å². The maximum atomic E-state index is 10.3. The Bertz CT molecular complexity index is 324. The molecule has 4 nitrogen and oxygen atoms in total. The molecule has 0 aromatic heterocycles. The summed E-state index contributed by atoms with van der Waals surface area (Å²) in [6.45, 7) is 8.56. The highest BCUT2D eigenvalue weighted by Gasteiger charge is 2.24. The zero-order valence-corrected chi connectivity index (χ0v) is 8.93. The summed E-state index contributed by atoms with van der Waals surface area (Å²) >= 11 is 0. The van der Waals surface area contributed by atoms with Crippen LogP contribution < -0.4 is 0 Å². The van der Waals surface area contributed by atoms with Gasteiger partial charge in [-0.3, -0.25) is 4.79 Å². The molecular weight excluding hydrogens is 208 g/mol. The van der Waals surface area contributed by atoms with Crippen LogP contribution >= 0.6 is 0 Å². The number of rotatable bonds is 8. The van der Waals surface area contributed by atoms with Gasteiger partial charge in [0, 0.05) is 0 Å². The van der Waals surface area contributed by atoms with Gasteiger partial charge < -0.3 is 14.2 Å². The molecular formula is C12H14O4. The van der Waals surface area contributed by atoms with Crippen LogP contribution in [0.4, 0.5) is 0 Å². The maximum absolute atomic E-state index is 10.3. The van der Waals surface area contributed by atoms with Gasteiger partial charge in [0.2, 0.25) is 0 Å². The maximum Gasteiger partial charge on any atom is 0.298 e.